The SMILES string of the molecule is Cn1ccnc1C(O)C1CCCN(c2ncccc2C(F)(F)F)C1. The average Bonchev–Trinajstić information content (AvgIpc) is 2.99. The van der Waals surface area contributed by atoms with Crippen molar-refractivity contribution >= 4 is 5.82 Å². The van der Waals surface area contributed by atoms with Crippen LogP contribution in [0.2, 0.25) is 0 Å². The zero-order valence-electron chi connectivity index (χ0n) is 13.2. The standard InChI is InChI=1S/C16H19F3N4O/c1-22-9-7-21-15(22)13(24)11-4-3-8-23(10-11)14-12(16(17,18)19)5-2-6-20-14/h2,5-7,9,11,13,24H,3-4,8,10H2,1H3. The van der Waals surface area contributed by atoms with Gasteiger partial charge in [-0.1, -0.05) is 0 Å². The zero-order valence-corrected chi connectivity index (χ0v) is 13.2. The van der Waals surface area contributed by atoms with Gasteiger partial charge in [-0.15, -0.1) is 0 Å². The van der Waals surface area contributed by atoms with Crippen molar-refractivity contribution in [3.05, 3.63) is 42.1 Å². The lowest BCUT2D eigenvalue weighted by Gasteiger charge is -2.36. The minimum atomic E-state index is -4.45. The highest BCUT2D eigenvalue weighted by Gasteiger charge is 2.37. The van der Waals surface area contributed by atoms with Crippen molar-refractivity contribution in [3.63, 3.8) is 0 Å². The van der Waals surface area contributed by atoms with Crippen molar-refractivity contribution in [2.75, 3.05) is 18.0 Å². The molecule has 0 radical (unpaired) electrons. The van der Waals surface area contributed by atoms with Crippen LogP contribution in [0.5, 0.6) is 0 Å². The first-order chi connectivity index (χ1) is 11.4. The number of aromatic nitrogens is 3. The second kappa shape index (κ2) is 6.43. The van der Waals surface area contributed by atoms with Crippen LogP contribution in [0.3, 0.4) is 0 Å². The third-order valence-electron chi connectivity index (χ3n) is 4.42. The average molecular weight is 340 g/mol. The molecule has 24 heavy (non-hydrogen) atoms. The van der Waals surface area contributed by atoms with Crippen LogP contribution in [0.1, 0.15) is 30.3 Å². The molecule has 8 heteroatoms. The summed E-state index contributed by atoms with van der Waals surface area (Å²) in [5.74, 6) is 0.267. The van der Waals surface area contributed by atoms with E-state index >= 15 is 0 Å². The summed E-state index contributed by atoms with van der Waals surface area (Å²) in [7, 11) is 1.78. The van der Waals surface area contributed by atoms with Crippen molar-refractivity contribution in [2.24, 2.45) is 13.0 Å². The molecule has 0 aromatic carbocycles. The van der Waals surface area contributed by atoms with E-state index in [0.717, 1.165) is 12.5 Å². The number of nitrogens with zero attached hydrogens (tertiary/aromatic N) is 4. The number of alkyl halides is 3. The van der Waals surface area contributed by atoms with Gasteiger partial charge in [-0.3, -0.25) is 0 Å². The lowest BCUT2D eigenvalue weighted by atomic mass is 9.91. The summed E-state index contributed by atoms with van der Waals surface area (Å²) in [6.45, 7) is 0.804. The predicted molar refractivity (Wildman–Crippen MR) is 82.3 cm³/mol. The van der Waals surface area contributed by atoms with Gasteiger partial charge in [0, 0.05) is 44.6 Å². The van der Waals surface area contributed by atoms with E-state index in [1.165, 1.54) is 12.3 Å². The van der Waals surface area contributed by atoms with Gasteiger partial charge >= 0.3 is 6.18 Å². The largest absolute Gasteiger partial charge is 0.419 e. The Labute approximate surface area is 137 Å². The fraction of sp³-hybridized carbons (Fsp3) is 0.500. The van der Waals surface area contributed by atoms with E-state index in [1.54, 1.807) is 28.9 Å². The van der Waals surface area contributed by atoms with E-state index in [-0.39, 0.29) is 11.7 Å². The molecule has 1 aliphatic heterocycles. The molecule has 1 fully saturated rings. The van der Waals surface area contributed by atoms with E-state index in [2.05, 4.69) is 9.97 Å². The molecule has 2 aromatic heterocycles. The first-order valence-electron chi connectivity index (χ1n) is 7.80. The molecule has 1 N–H and O–H groups in total. The fourth-order valence-corrected chi connectivity index (χ4v) is 3.20. The number of aliphatic hydroxyl groups excluding tert-OH is 1. The minimum absolute atomic E-state index is 0.0678. The monoisotopic (exact) mass is 340 g/mol. The normalized spacial score (nSPS) is 20.2. The molecule has 0 amide bonds. The molecule has 1 aliphatic rings. The number of anilines is 1. The first-order valence-corrected chi connectivity index (χ1v) is 7.80. The molecule has 3 rings (SSSR count). The third kappa shape index (κ3) is 3.24. The summed E-state index contributed by atoms with van der Waals surface area (Å²) in [6.07, 6.45) is 0.863. The summed E-state index contributed by atoms with van der Waals surface area (Å²) in [5, 5.41) is 10.6. The highest BCUT2D eigenvalue weighted by atomic mass is 19.4. The molecule has 130 valence electrons. The van der Waals surface area contributed by atoms with Crippen LogP contribution < -0.4 is 4.90 Å². The van der Waals surface area contributed by atoms with Crippen LogP contribution in [-0.4, -0.2) is 32.7 Å². The van der Waals surface area contributed by atoms with Crippen LogP contribution in [0.25, 0.3) is 0 Å². The maximum Gasteiger partial charge on any atom is 0.419 e. The Balaban J connectivity index is 1.83. The first kappa shape index (κ1) is 16.8. The van der Waals surface area contributed by atoms with Crippen molar-refractivity contribution in [1.82, 2.24) is 14.5 Å². The van der Waals surface area contributed by atoms with Gasteiger partial charge in [0.25, 0.3) is 0 Å². The van der Waals surface area contributed by atoms with Crippen LogP contribution >= 0.6 is 0 Å². The second-order valence-electron chi connectivity index (χ2n) is 6.06. The van der Waals surface area contributed by atoms with Gasteiger partial charge in [-0.05, 0) is 25.0 Å². The number of hydrogen-bond donors (Lipinski definition) is 1. The Morgan fingerprint density at radius 3 is 2.75 bits per heavy atom. The molecular formula is C16H19F3N4O. The third-order valence-corrected chi connectivity index (χ3v) is 4.42. The van der Waals surface area contributed by atoms with Gasteiger partial charge in [0.1, 0.15) is 17.7 Å². The molecule has 1 saturated heterocycles. The zero-order chi connectivity index (χ0) is 17.3. The van der Waals surface area contributed by atoms with Gasteiger partial charge in [0.15, 0.2) is 0 Å². The molecular weight excluding hydrogens is 321 g/mol. The van der Waals surface area contributed by atoms with E-state index < -0.39 is 17.8 Å². The number of hydrogen-bond acceptors (Lipinski definition) is 4. The number of rotatable bonds is 3. The van der Waals surface area contributed by atoms with Gasteiger partial charge in [0.2, 0.25) is 0 Å². The molecule has 2 unspecified atom stereocenters. The van der Waals surface area contributed by atoms with Gasteiger partial charge < -0.3 is 14.6 Å². The Morgan fingerprint density at radius 1 is 1.29 bits per heavy atom. The van der Waals surface area contributed by atoms with Crippen LogP contribution in [-0.2, 0) is 13.2 Å². The molecule has 2 aromatic rings. The minimum Gasteiger partial charge on any atom is -0.385 e. The molecule has 0 saturated carbocycles. The van der Waals surface area contributed by atoms with Crippen LogP contribution in [0.15, 0.2) is 30.7 Å². The van der Waals surface area contributed by atoms with E-state index in [1.807, 2.05) is 0 Å². The summed E-state index contributed by atoms with van der Waals surface area (Å²) in [4.78, 5) is 9.70. The van der Waals surface area contributed by atoms with Crippen molar-refractivity contribution in [3.8, 4) is 0 Å². The van der Waals surface area contributed by atoms with Crippen molar-refractivity contribution in [1.29, 1.82) is 0 Å². The highest BCUT2D eigenvalue weighted by Crippen LogP contribution is 2.37. The van der Waals surface area contributed by atoms with E-state index in [4.69, 9.17) is 0 Å². The van der Waals surface area contributed by atoms with Gasteiger partial charge in [0.05, 0.1) is 5.56 Å². The summed E-state index contributed by atoms with van der Waals surface area (Å²) >= 11 is 0. The number of piperidine rings is 1. The maximum atomic E-state index is 13.2. The van der Waals surface area contributed by atoms with Crippen LogP contribution in [0.4, 0.5) is 19.0 Å². The topological polar surface area (TPSA) is 54.2 Å². The smallest absolute Gasteiger partial charge is 0.385 e. The van der Waals surface area contributed by atoms with Crippen molar-refractivity contribution < 1.29 is 18.3 Å². The number of aryl methyl sites for hydroxylation is 1. The van der Waals surface area contributed by atoms with Crippen LogP contribution in [0, 0.1) is 5.92 Å². The number of imidazole rings is 1. The maximum absolute atomic E-state index is 13.2. The fourth-order valence-electron chi connectivity index (χ4n) is 3.20. The Morgan fingerprint density at radius 2 is 2.08 bits per heavy atom. The molecule has 0 aliphatic carbocycles. The van der Waals surface area contributed by atoms with Gasteiger partial charge in [-0.25, -0.2) is 9.97 Å². The molecule has 2 atom stereocenters. The number of aliphatic hydroxyl groups is 1. The number of pyridine rings is 1. The molecule has 0 spiro atoms. The summed E-state index contributed by atoms with van der Waals surface area (Å²) in [5.41, 5.74) is -0.739. The Bertz CT molecular complexity index is 701. The Kier molecular flexibility index (Phi) is 4.49. The quantitative estimate of drug-likeness (QED) is 0.934. The molecule has 5 nitrogen and oxygen atoms in total. The predicted octanol–water partition coefficient (Wildman–Crippen LogP) is 2.78. The summed E-state index contributed by atoms with van der Waals surface area (Å²) in [6, 6.07) is 2.33. The second-order valence-corrected chi connectivity index (χ2v) is 6.06. The van der Waals surface area contributed by atoms with Crippen molar-refractivity contribution in [2.45, 2.75) is 25.1 Å². The molecule has 3 heterocycles. The lowest BCUT2D eigenvalue weighted by Crippen LogP contribution is -2.39. The lowest BCUT2D eigenvalue weighted by molar-refractivity contribution is -0.137. The number of halogens is 3. The summed E-state index contributed by atoms with van der Waals surface area (Å²) < 4.78 is 41.3. The Hall–Kier alpha value is -2.09. The molecule has 0 bridgehead atoms. The van der Waals surface area contributed by atoms with E-state index in [0.29, 0.717) is 25.3 Å². The van der Waals surface area contributed by atoms with E-state index in [9.17, 15) is 18.3 Å². The van der Waals surface area contributed by atoms with Gasteiger partial charge in [-0.2, -0.15) is 13.2 Å². The highest BCUT2D eigenvalue weighted by molar-refractivity contribution is 5.48.